The number of piperidine rings is 1. The highest BCUT2D eigenvalue weighted by Crippen LogP contribution is 2.47. The average molecular weight is 395 g/mol. The SMILES string of the molecule is OC1(c2ccc(OC(F)(F)F)cc2F)CC2CCC(C1)N2Cc1ccccc1. The summed E-state index contributed by atoms with van der Waals surface area (Å²) in [6, 6.07) is 13.2. The van der Waals surface area contributed by atoms with E-state index in [-0.39, 0.29) is 17.6 Å². The van der Waals surface area contributed by atoms with E-state index in [4.69, 9.17) is 0 Å². The van der Waals surface area contributed by atoms with E-state index in [0.717, 1.165) is 25.5 Å². The highest BCUT2D eigenvalue weighted by molar-refractivity contribution is 5.34. The summed E-state index contributed by atoms with van der Waals surface area (Å²) in [5.74, 6) is -1.50. The fourth-order valence-electron chi connectivity index (χ4n) is 4.66. The predicted octanol–water partition coefficient (Wildman–Crippen LogP) is 4.74. The van der Waals surface area contributed by atoms with Crippen molar-refractivity contribution >= 4 is 0 Å². The Morgan fingerprint density at radius 2 is 1.68 bits per heavy atom. The Kier molecular flexibility index (Phi) is 4.83. The maximum Gasteiger partial charge on any atom is 0.573 e. The molecule has 0 aliphatic carbocycles. The second-order valence-corrected chi connectivity index (χ2v) is 7.67. The Balaban J connectivity index is 1.53. The topological polar surface area (TPSA) is 32.7 Å². The third-order valence-corrected chi connectivity index (χ3v) is 5.80. The van der Waals surface area contributed by atoms with Crippen LogP contribution < -0.4 is 4.74 Å². The smallest absolute Gasteiger partial charge is 0.406 e. The van der Waals surface area contributed by atoms with Crippen LogP contribution in [0.5, 0.6) is 5.75 Å². The Morgan fingerprint density at radius 1 is 1.04 bits per heavy atom. The minimum absolute atomic E-state index is 0.0401. The summed E-state index contributed by atoms with van der Waals surface area (Å²) in [7, 11) is 0. The minimum Gasteiger partial charge on any atom is -0.406 e. The highest BCUT2D eigenvalue weighted by atomic mass is 19.4. The van der Waals surface area contributed by atoms with Crippen molar-refractivity contribution in [2.75, 3.05) is 0 Å². The molecule has 0 saturated carbocycles. The molecule has 0 amide bonds. The van der Waals surface area contributed by atoms with Crippen LogP contribution in [-0.2, 0) is 12.1 Å². The van der Waals surface area contributed by atoms with Crippen molar-refractivity contribution in [3.05, 3.63) is 65.5 Å². The van der Waals surface area contributed by atoms with Gasteiger partial charge < -0.3 is 9.84 Å². The first-order valence-electron chi connectivity index (χ1n) is 9.31. The number of aliphatic hydroxyl groups is 1. The van der Waals surface area contributed by atoms with Crippen LogP contribution in [0.1, 0.15) is 36.8 Å². The molecule has 2 unspecified atom stereocenters. The zero-order valence-electron chi connectivity index (χ0n) is 15.1. The van der Waals surface area contributed by atoms with Gasteiger partial charge in [0, 0.05) is 30.3 Å². The van der Waals surface area contributed by atoms with Crippen LogP contribution in [0.4, 0.5) is 17.6 Å². The summed E-state index contributed by atoms with van der Waals surface area (Å²) in [4.78, 5) is 2.35. The summed E-state index contributed by atoms with van der Waals surface area (Å²) in [6.45, 7) is 0.771. The van der Waals surface area contributed by atoms with E-state index in [1.807, 2.05) is 18.2 Å². The summed E-state index contributed by atoms with van der Waals surface area (Å²) < 4.78 is 55.3. The van der Waals surface area contributed by atoms with Crippen LogP contribution in [0.15, 0.2) is 48.5 Å². The standard InChI is InChI=1S/C21H21F4NO2/c22-19-10-17(28-21(23,24)25)8-9-18(19)20(27)11-15-6-7-16(12-20)26(15)13-14-4-2-1-3-5-14/h1-5,8-10,15-16,27H,6-7,11-13H2. The molecule has 2 aromatic rings. The van der Waals surface area contributed by atoms with Gasteiger partial charge in [0.25, 0.3) is 0 Å². The van der Waals surface area contributed by atoms with E-state index in [2.05, 4.69) is 21.8 Å². The third kappa shape index (κ3) is 3.86. The molecule has 2 heterocycles. The molecule has 28 heavy (non-hydrogen) atoms. The molecule has 0 radical (unpaired) electrons. The number of hydrogen-bond acceptors (Lipinski definition) is 3. The summed E-state index contributed by atoms with van der Waals surface area (Å²) in [6.07, 6.45) is -2.35. The molecular weight excluding hydrogens is 374 g/mol. The molecule has 0 spiro atoms. The van der Waals surface area contributed by atoms with Gasteiger partial charge in [0.2, 0.25) is 0 Å². The zero-order chi connectivity index (χ0) is 19.9. The molecular formula is C21H21F4NO2. The van der Waals surface area contributed by atoms with E-state index in [9.17, 15) is 22.7 Å². The molecule has 0 aromatic heterocycles. The van der Waals surface area contributed by atoms with Crippen LogP contribution in [0.25, 0.3) is 0 Å². The fraction of sp³-hybridized carbons (Fsp3) is 0.429. The van der Waals surface area contributed by atoms with E-state index in [1.165, 1.54) is 11.6 Å². The Morgan fingerprint density at radius 3 is 2.25 bits per heavy atom. The molecule has 2 aliphatic heterocycles. The van der Waals surface area contributed by atoms with Crippen LogP contribution in [0, 0.1) is 5.82 Å². The minimum atomic E-state index is -4.88. The lowest BCUT2D eigenvalue weighted by Gasteiger charge is -2.44. The lowest BCUT2D eigenvalue weighted by Crippen LogP contribution is -2.49. The largest absolute Gasteiger partial charge is 0.573 e. The fourth-order valence-corrected chi connectivity index (χ4v) is 4.66. The van der Waals surface area contributed by atoms with Crippen LogP contribution in [0.2, 0.25) is 0 Å². The van der Waals surface area contributed by atoms with Crippen molar-refractivity contribution in [2.24, 2.45) is 0 Å². The van der Waals surface area contributed by atoms with Crippen LogP contribution in [0.3, 0.4) is 0 Å². The molecule has 7 heteroatoms. The van der Waals surface area contributed by atoms with Gasteiger partial charge >= 0.3 is 6.36 Å². The average Bonchev–Trinajstić information content (AvgIpc) is 2.85. The van der Waals surface area contributed by atoms with Crippen molar-refractivity contribution in [1.29, 1.82) is 0 Å². The summed E-state index contributed by atoms with van der Waals surface area (Å²) in [5, 5.41) is 11.2. The van der Waals surface area contributed by atoms with Gasteiger partial charge in [0.05, 0.1) is 5.60 Å². The molecule has 2 fully saturated rings. The van der Waals surface area contributed by atoms with Gasteiger partial charge in [-0.05, 0) is 43.4 Å². The maximum absolute atomic E-state index is 14.6. The molecule has 1 N–H and O–H groups in total. The molecule has 2 bridgehead atoms. The Hall–Kier alpha value is -2.12. The van der Waals surface area contributed by atoms with Crippen molar-refractivity contribution in [3.8, 4) is 5.75 Å². The van der Waals surface area contributed by atoms with E-state index >= 15 is 0 Å². The monoisotopic (exact) mass is 395 g/mol. The zero-order valence-corrected chi connectivity index (χ0v) is 15.1. The van der Waals surface area contributed by atoms with Gasteiger partial charge in [-0.1, -0.05) is 30.3 Å². The van der Waals surface area contributed by atoms with Crippen molar-refractivity contribution < 1.29 is 27.4 Å². The number of rotatable bonds is 4. The van der Waals surface area contributed by atoms with Gasteiger partial charge in [-0.2, -0.15) is 0 Å². The number of ether oxygens (including phenoxy) is 1. The normalized spacial score (nSPS) is 27.8. The number of halogens is 4. The molecule has 2 aromatic carbocycles. The lowest BCUT2D eigenvalue weighted by molar-refractivity contribution is -0.274. The maximum atomic E-state index is 14.6. The highest BCUT2D eigenvalue weighted by Gasteiger charge is 2.49. The first-order valence-corrected chi connectivity index (χ1v) is 9.31. The van der Waals surface area contributed by atoms with Crippen molar-refractivity contribution in [3.63, 3.8) is 0 Å². The first kappa shape index (κ1) is 19.2. The summed E-state index contributed by atoms with van der Waals surface area (Å²) in [5.41, 5.74) is -0.164. The van der Waals surface area contributed by atoms with Crippen LogP contribution in [-0.4, -0.2) is 28.5 Å². The number of benzene rings is 2. The van der Waals surface area contributed by atoms with Crippen molar-refractivity contribution in [1.82, 2.24) is 4.90 Å². The molecule has 2 aliphatic rings. The second kappa shape index (κ2) is 7.04. The number of alkyl halides is 3. The van der Waals surface area contributed by atoms with E-state index in [0.29, 0.717) is 18.9 Å². The third-order valence-electron chi connectivity index (χ3n) is 5.80. The first-order chi connectivity index (χ1) is 13.2. The van der Waals surface area contributed by atoms with Gasteiger partial charge in [-0.25, -0.2) is 4.39 Å². The molecule has 150 valence electrons. The van der Waals surface area contributed by atoms with Gasteiger partial charge in [-0.15, -0.1) is 13.2 Å². The predicted molar refractivity (Wildman–Crippen MR) is 95.0 cm³/mol. The van der Waals surface area contributed by atoms with Gasteiger partial charge in [0.15, 0.2) is 0 Å². The van der Waals surface area contributed by atoms with E-state index < -0.39 is 23.5 Å². The number of fused-ring (bicyclic) bond motifs is 2. The molecule has 2 atom stereocenters. The van der Waals surface area contributed by atoms with Gasteiger partial charge in [-0.3, -0.25) is 4.90 Å². The van der Waals surface area contributed by atoms with Crippen molar-refractivity contribution in [2.45, 2.75) is 56.3 Å². The van der Waals surface area contributed by atoms with E-state index in [1.54, 1.807) is 0 Å². The Bertz CT molecular complexity index is 826. The quantitative estimate of drug-likeness (QED) is 0.759. The molecule has 4 rings (SSSR count). The second-order valence-electron chi connectivity index (χ2n) is 7.67. The molecule has 3 nitrogen and oxygen atoms in total. The van der Waals surface area contributed by atoms with Crippen LogP contribution >= 0.6 is 0 Å². The number of nitrogens with zero attached hydrogens (tertiary/aromatic N) is 1. The van der Waals surface area contributed by atoms with Gasteiger partial charge in [0.1, 0.15) is 11.6 Å². The molecule has 2 saturated heterocycles. The lowest BCUT2D eigenvalue weighted by atomic mass is 9.80. The number of hydrogen-bond donors (Lipinski definition) is 1. The summed E-state index contributed by atoms with van der Waals surface area (Å²) >= 11 is 0. The Labute approximate surface area is 160 Å².